The van der Waals surface area contributed by atoms with Gasteiger partial charge in [-0.3, -0.25) is 0 Å². The molecule has 0 aliphatic carbocycles. The molecule has 0 aliphatic heterocycles. The van der Waals surface area contributed by atoms with Crippen LogP contribution >= 0.6 is 0 Å². The summed E-state index contributed by atoms with van der Waals surface area (Å²) in [6, 6.07) is 85.3. The number of fused-ring (bicyclic) bond motifs is 12. The van der Waals surface area contributed by atoms with Gasteiger partial charge in [0.25, 0.3) is 0 Å². The third kappa shape index (κ3) is 5.76. The van der Waals surface area contributed by atoms with Gasteiger partial charge < -0.3 is 9.13 Å². The lowest BCUT2D eigenvalue weighted by molar-refractivity contribution is 1.08. The maximum Gasteiger partial charge on any atom is 0.164 e. The molecule has 5 nitrogen and oxygen atoms in total. The quantitative estimate of drug-likeness (QED) is 0.162. The Morgan fingerprint density at radius 2 is 0.800 bits per heavy atom. The van der Waals surface area contributed by atoms with Crippen molar-refractivity contribution in [3.63, 3.8) is 0 Å². The Hall–Kier alpha value is -9.45. The van der Waals surface area contributed by atoms with Crippen LogP contribution in [0.15, 0.2) is 237 Å². The third-order valence-electron chi connectivity index (χ3n) is 14.5. The second-order valence-corrected chi connectivity index (χ2v) is 18.3. The van der Waals surface area contributed by atoms with Gasteiger partial charge in [0.15, 0.2) is 17.5 Å². The fourth-order valence-corrected chi connectivity index (χ4v) is 11.3. The summed E-state index contributed by atoms with van der Waals surface area (Å²) in [7, 11) is 0. The Bertz CT molecular complexity index is 4660. The largest absolute Gasteiger partial charge is 0.309 e. The van der Waals surface area contributed by atoms with Crippen LogP contribution in [0.2, 0.25) is 0 Å². The Morgan fingerprint density at radius 1 is 0.257 bits per heavy atom. The molecule has 0 unspecified atom stereocenters. The molecule has 12 aromatic carbocycles. The van der Waals surface area contributed by atoms with Crippen molar-refractivity contribution in [1.29, 1.82) is 0 Å². The van der Waals surface area contributed by atoms with Crippen LogP contribution in [0, 0.1) is 0 Å². The number of aromatic nitrogens is 5. The summed E-state index contributed by atoms with van der Waals surface area (Å²) < 4.78 is 5.00. The number of nitrogens with zero attached hydrogens (tertiary/aromatic N) is 5. The molecular weight excluding hydrogens is 851 g/mol. The van der Waals surface area contributed by atoms with Gasteiger partial charge in [0.05, 0.1) is 33.4 Å². The van der Waals surface area contributed by atoms with E-state index < -0.39 is 0 Å². The molecule has 0 N–H and O–H groups in total. The number of benzene rings is 12. The van der Waals surface area contributed by atoms with E-state index in [-0.39, 0.29) is 0 Å². The summed E-state index contributed by atoms with van der Waals surface area (Å²) in [6.07, 6.45) is 0. The van der Waals surface area contributed by atoms with Gasteiger partial charge in [0.1, 0.15) is 0 Å². The van der Waals surface area contributed by atoms with E-state index in [1.165, 1.54) is 76.0 Å². The van der Waals surface area contributed by atoms with Gasteiger partial charge in [0, 0.05) is 49.0 Å². The van der Waals surface area contributed by atoms with E-state index in [2.05, 4.69) is 228 Å². The van der Waals surface area contributed by atoms with Gasteiger partial charge in [-0.25, -0.2) is 15.0 Å². The molecule has 15 rings (SSSR count). The maximum atomic E-state index is 5.32. The molecule has 324 valence electrons. The second kappa shape index (κ2) is 15.0. The lowest BCUT2D eigenvalue weighted by Crippen LogP contribution is -2.02. The first kappa shape index (κ1) is 38.6. The minimum absolute atomic E-state index is 0.625. The highest BCUT2D eigenvalue weighted by atomic mass is 15.0. The van der Waals surface area contributed by atoms with E-state index in [9.17, 15) is 0 Å². The molecule has 0 bridgehead atoms. The minimum atomic E-state index is 0.625. The minimum Gasteiger partial charge on any atom is -0.309 e. The van der Waals surface area contributed by atoms with Crippen LogP contribution in [-0.4, -0.2) is 24.1 Å². The van der Waals surface area contributed by atoms with Crippen LogP contribution in [0.5, 0.6) is 0 Å². The summed E-state index contributed by atoms with van der Waals surface area (Å²) >= 11 is 0. The first-order chi connectivity index (χ1) is 34.7. The van der Waals surface area contributed by atoms with Crippen molar-refractivity contribution in [3.8, 4) is 45.5 Å². The monoisotopic (exact) mass is 889 g/mol. The van der Waals surface area contributed by atoms with Gasteiger partial charge in [-0.2, -0.15) is 0 Å². The van der Waals surface area contributed by atoms with Gasteiger partial charge >= 0.3 is 0 Å². The van der Waals surface area contributed by atoms with Gasteiger partial charge in [0.2, 0.25) is 0 Å². The molecule has 0 saturated heterocycles. The zero-order valence-electron chi connectivity index (χ0n) is 37.8. The number of hydrogen-bond acceptors (Lipinski definition) is 3. The Balaban J connectivity index is 0.984. The normalized spacial score (nSPS) is 12.0. The standard InChI is InChI=1S/C65H39N5/c1-2-17-41(18-3-1)63-66-64(46-32-33-48-45(36-46)31-30-40-16-6-8-22-47(40)48)68-65(67-63)53-34-35-58(51-25-11-10-24-50(51)53)69-57-29-15-13-27-54(57)61-60(69)39-44-21-7-9-23-49(44)62(61)70-56-28-14-12-26-52(56)55-37-42-19-4-5-20-43(42)38-59(55)70/h1-39H. The molecule has 0 radical (unpaired) electrons. The number of rotatable bonds is 5. The lowest BCUT2D eigenvalue weighted by atomic mass is 9.99. The Morgan fingerprint density at radius 3 is 1.60 bits per heavy atom. The fourth-order valence-electron chi connectivity index (χ4n) is 11.3. The van der Waals surface area contributed by atoms with E-state index in [0.29, 0.717) is 17.5 Å². The summed E-state index contributed by atoms with van der Waals surface area (Å²) in [5, 5.41) is 16.7. The highest BCUT2D eigenvalue weighted by Gasteiger charge is 2.24. The van der Waals surface area contributed by atoms with Crippen LogP contribution in [0.25, 0.3) is 143 Å². The number of para-hydroxylation sites is 2. The molecule has 0 atom stereocenters. The molecule has 3 aromatic heterocycles. The summed E-state index contributed by atoms with van der Waals surface area (Å²) in [5.41, 5.74) is 9.72. The molecule has 0 aliphatic rings. The second-order valence-electron chi connectivity index (χ2n) is 18.3. The molecular formula is C65H39N5. The van der Waals surface area contributed by atoms with E-state index in [1.54, 1.807) is 0 Å². The van der Waals surface area contributed by atoms with E-state index in [4.69, 9.17) is 15.0 Å². The smallest absolute Gasteiger partial charge is 0.164 e. The number of hydrogen-bond donors (Lipinski definition) is 0. The molecule has 0 saturated carbocycles. The highest BCUT2D eigenvalue weighted by molar-refractivity contribution is 6.23. The SMILES string of the molecule is c1ccc(-c2nc(-c3ccc4c(ccc5ccccc54)c3)nc(-c3ccc(-n4c5ccccc5c5c(-n6c7ccccc7c7cc8ccccc8cc76)c6ccccc6cc54)c4ccccc34)n2)cc1. The summed E-state index contributed by atoms with van der Waals surface area (Å²) in [5.74, 6) is 1.89. The van der Waals surface area contributed by atoms with Crippen molar-refractivity contribution < 1.29 is 0 Å². The van der Waals surface area contributed by atoms with Crippen LogP contribution in [-0.2, 0) is 0 Å². The Labute approximate surface area is 401 Å². The summed E-state index contributed by atoms with van der Waals surface area (Å²) in [6.45, 7) is 0. The van der Waals surface area contributed by atoms with E-state index in [1.807, 2.05) is 18.2 Å². The van der Waals surface area contributed by atoms with Crippen molar-refractivity contribution >= 4 is 97.5 Å². The molecule has 70 heavy (non-hydrogen) atoms. The van der Waals surface area contributed by atoms with Crippen molar-refractivity contribution in [1.82, 2.24) is 24.1 Å². The molecule has 0 spiro atoms. The average molecular weight is 890 g/mol. The van der Waals surface area contributed by atoms with Crippen molar-refractivity contribution in [2.75, 3.05) is 0 Å². The first-order valence-electron chi connectivity index (χ1n) is 23.8. The maximum absolute atomic E-state index is 5.32. The lowest BCUT2D eigenvalue weighted by Gasteiger charge is -2.17. The van der Waals surface area contributed by atoms with Crippen molar-refractivity contribution in [3.05, 3.63) is 237 Å². The average Bonchev–Trinajstić information content (AvgIpc) is 3.93. The summed E-state index contributed by atoms with van der Waals surface area (Å²) in [4.78, 5) is 15.7. The van der Waals surface area contributed by atoms with Crippen LogP contribution in [0.1, 0.15) is 0 Å². The molecule has 15 aromatic rings. The molecule has 3 heterocycles. The van der Waals surface area contributed by atoms with Crippen LogP contribution in [0.4, 0.5) is 0 Å². The first-order valence-corrected chi connectivity index (χ1v) is 23.8. The van der Waals surface area contributed by atoms with Gasteiger partial charge in [-0.15, -0.1) is 0 Å². The highest BCUT2D eigenvalue weighted by Crippen LogP contribution is 2.45. The van der Waals surface area contributed by atoms with Gasteiger partial charge in [-0.1, -0.05) is 188 Å². The van der Waals surface area contributed by atoms with E-state index in [0.717, 1.165) is 49.6 Å². The van der Waals surface area contributed by atoms with E-state index >= 15 is 0 Å². The van der Waals surface area contributed by atoms with Crippen molar-refractivity contribution in [2.45, 2.75) is 0 Å². The molecule has 0 fully saturated rings. The van der Waals surface area contributed by atoms with Gasteiger partial charge in [-0.05, 0) is 91.6 Å². The molecule has 5 heteroatoms. The third-order valence-corrected chi connectivity index (χ3v) is 14.5. The Kier molecular flexibility index (Phi) is 8.29. The zero-order chi connectivity index (χ0) is 45.9. The molecule has 0 amide bonds. The van der Waals surface area contributed by atoms with Crippen molar-refractivity contribution in [2.24, 2.45) is 0 Å². The topological polar surface area (TPSA) is 48.5 Å². The van der Waals surface area contributed by atoms with Crippen LogP contribution < -0.4 is 0 Å². The van der Waals surface area contributed by atoms with Crippen LogP contribution in [0.3, 0.4) is 0 Å². The zero-order valence-corrected chi connectivity index (χ0v) is 37.8. The predicted molar refractivity (Wildman–Crippen MR) is 292 cm³/mol. The predicted octanol–water partition coefficient (Wildman–Crippen LogP) is 16.8. The fraction of sp³-hybridized carbons (Fsp3) is 0.